The van der Waals surface area contributed by atoms with Crippen LogP contribution in [0.1, 0.15) is 13.8 Å². The lowest BCUT2D eigenvalue weighted by atomic mass is 9.83. The van der Waals surface area contributed by atoms with Crippen LogP contribution in [0, 0.1) is 0 Å². The highest BCUT2D eigenvalue weighted by Gasteiger charge is 2.73. The van der Waals surface area contributed by atoms with Gasteiger partial charge in [0.05, 0.1) is 0 Å². The molecule has 0 radical (unpaired) electrons. The van der Waals surface area contributed by atoms with Crippen LogP contribution in [0.4, 0.5) is 35.1 Å². The lowest BCUT2D eigenvalue weighted by Gasteiger charge is -2.40. The van der Waals surface area contributed by atoms with Crippen LogP contribution in [0.5, 0.6) is 0 Å². The second-order valence-corrected chi connectivity index (χ2v) is 3.75. The molecule has 0 aliphatic heterocycles. The van der Waals surface area contributed by atoms with Gasteiger partial charge in [0.25, 0.3) is 0 Å². The third-order valence-corrected chi connectivity index (χ3v) is 2.35. The van der Waals surface area contributed by atoms with Crippen molar-refractivity contribution in [2.75, 3.05) is 13.3 Å². The van der Waals surface area contributed by atoms with Gasteiger partial charge >= 0.3 is 11.8 Å². The predicted molar refractivity (Wildman–Crippen MR) is 40.9 cm³/mol. The van der Waals surface area contributed by atoms with Gasteiger partial charge in [-0.05, 0) is 13.8 Å². The molecule has 0 nitrogen and oxygen atoms in total. The van der Waals surface area contributed by atoms with E-state index in [-0.39, 0.29) is 13.8 Å². The number of rotatable bonds is 5. The maximum atomic E-state index is 13.2. The number of alkyl halides is 8. The third-order valence-electron chi connectivity index (χ3n) is 2.35. The minimum Gasteiger partial charge on any atom is -0.247 e. The lowest BCUT2D eigenvalue weighted by Crippen LogP contribution is -2.64. The maximum Gasteiger partial charge on any atom is 0.322 e. The molecule has 0 rings (SSSR count). The fourth-order valence-corrected chi connectivity index (χ4v) is 0.929. The van der Waals surface area contributed by atoms with Gasteiger partial charge in [0.15, 0.2) is 6.67 Å². The van der Waals surface area contributed by atoms with Crippen LogP contribution < -0.4 is 0 Å². The van der Waals surface area contributed by atoms with Gasteiger partial charge in [0.2, 0.25) is 11.3 Å². The Labute approximate surface area is 86.6 Å². The minimum absolute atomic E-state index is 0.0703. The van der Waals surface area contributed by atoms with Gasteiger partial charge in [-0.1, -0.05) is 0 Å². The van der Waals surface area contributed by atoms with Gasteiger partial charge in [-0.25, -0.2) is 17.6 Å². The summed E-state index contributed by atoms with van der Waals surface area (Å²) < 4.78 is 101. The Morgan fingerprint density at radius 3 is 1.38 bits per heavy atom. The molecule has 0 heterocycles. The normalized spacial score (nSPS) is 21.4. The molecule has 0 N–H and O–H groups in total. The van der Waals surface area contributed by atoms with E-state index in [4.69, 9.17) is 0 Å². The highest BCUT2D eigenvalue weighted by Crippen LogP contribution is 2.50. The first kappa shape index (κ1) is 15.4. The molecule has 0 bridgehead atoms. The van der Waals surface area contributed by atoms with Crippen LogP contribution in [0.25, 0.3) is 0 Å². The fourth-order valence-electron chi connectivity index (χ4n) is 0.929. The Morgan fingerprint density at radius 2 is 1.12 bits per heavy atom. The predicted octanol–water partition coefficient (Wildman–Crippen LogP) is 3.65. The molecule has 2 unspecified atom stereocenters. The lowest BCUT2D eigenvalue weighted by molar-refractivity contribution is -0.287. The second-order valence-electron chi connectivity index (χ2n) is 3.75. The highest BCUT2D eigenvalue weighted by molar-refractivity contribution is 5.09. The molecule has 2 atom stereocenters. The zero-order valence-electron chi connectivity index (χ0n) is 8.44. The van der Waals surface area contributed by atoms with E-state index in [0.29, 0.717) is 0 Å². The molecule has 8 heteroatoms. The van der Waals surface area contributed by atoms with Crippen molar-refractivity contribution >= 4 is 0 Å². The van der Waals surface area contributed by atoms with E-state index in [1.54, 1.807) is 0 Å². The summed E-state index contributed by atoms with van der Waals surface area (Å²) in [6.07, 6.45) is 0. The summed E-state index contributed by atoms with van der Waals surface area (Å²) in [6, 6.07) is 0. The molecular formula is C8H10F8. The van der Waals surface area contributed by atoms with Crippen LogP contribution in [-0.2, 0) is 0 Å². The summed E-state index contributed by atoms with van der Waals surface area (Å²) in [5, 5.41) is 0. The van der Waals surface area contributed by atoms with E-state index in [1.165, 1.54) is 0 Å². The largest absolute Gasteiger partial charge is 0.322 e. The van der Waals surface area contributed by atoms with Crippen molar-refractivity contribution in [1.29, 1.82) is 0 Å². The molecule has 0 aromatic rings. The first-order valence-corrected chi connectivity index (χ1v) is 4.13. The van der Waals surface area contributed by atoms with E-state index in [1.807, 2.05) is 0 Å². The summed E-state index contributed by atoms with van der Waals surface area (Å²) in [5.74, 6) is -10.5. The smallest absolute Gasteiger partial charge is 0.247 e. The van der Waals surface area contributed by atoms with Crippen molar-refractivity contribution < 1.29 is 35.1 Å². The Bertz CT molecular complexity index is 218. The van der Waals surface area contributed by atoms with E-state index < -0.39 is 36.5 Å². The van der Waals surface area contributed by atoms with Crippen molar-refractivity contribution in [2.24, 2.45) is 0 Å². The van der Waals surface area contributed by atoms with Crippen molar-refractivity contribution in [3.8, 4) is 0 Å². The summed E-state index contributed by atoms with van der Waals surface area (Å²) in [4.78, 5) is 0. The SMILES string of the molecule is CC(F)(CF)C(F)(F)C(C)(F)C(F)(F)CF. The molecular weight excluding hydrogens is 248 g/mol. The van der Waals surface area contributed by atoms with Crippen LogP contribution in [0.3, 0.4) is 0 Å². The number of hydrogen-bond acceptors (Lipinski definition) is 0. The molecule has 0 fully saturated rings. The van der Waals surface area contributed by atoms with E-state index >= 15 is 0 Å². The first-order valence-electron chi connectivity index (χ1n) is 4.13. The molecule has 0 aromatic heterocycles. The third kappa shape index (κ3) is 1.98. The molecule has 98 valence electrons. The zero-order chi connectivity index (χ0) is 13.4. The molecule has 0 aliphatic carbocycles. The Kier molecular flexibility index (Phi) is 3.89. The quantitative estimate of drug-likeness (QED) is 0.660. The molecule has 0 spiro atoms. The molecule has 0 aromatic carbocycles. The summed E-state index contributed by atoms with van der Waals surface area (Å²) in [6.45, 7) is -5.54. The van der Waals surface area contributed by atoms with Crippen molar-refractivity contribution in [3.05, 3.63) is 0 Å². The summed E-state index contributed by atoms with van der Waals surface area (Å²) >= 11 is 0. The second kappa shape index (κ2) is 4.03. The molecule has 0 saturated carbocycles. The van der Waals surface area contributed by atoms with Gasteiger partial charge in [0.1, 0.15) is 6.67 Å². The van der Waals surface area contributed by atoms with Crippen LogP contribution in [-0.4, -0.2) is 36.5 Å². The van der Waals surface area contributed by atoms with Crippen LogP contribution in [0.2, 0.25) is 0 Å². The van der Waals surface area contributed by atoms with Gasteiger partial charge < -0.3 is 0 Å². The van der Waals surface area contributed by atoms with Crippen molar-refractivity contribution in [2.45, 2.75) is 37.0 Å². The Morgan fingerprint density at radius 1 is 0.750 bits per heavy atom. The monoisotopic (exact) mass is 258 g/mol. The molecule has 0 amide bonds. The van der Waals surface area contributed by atoms with E-state index in [2.05, 4.69) is 0 Å². The summed E-state index contributed by atoms with van der Waals surface area (Å²) in [5.41, 5.74) is -8.97. The molecule has 16 heavy (non-hydrogen) atoms. The first-order chi connectivity index (χ1) is 6.87. The van der Waals surface area contributed by atoms with Crippen LogP contribution in [0.15, 0.2) is 0 Å². The Hall–Kier alpha value is -0.560. The molecule has 0 aliphatic rings. The van der Waals surface area contributed by atoms with Crippen molar-refractivity contribution in [1.82, 2.24) is 0 Å². The van der Waals surface area contributed by atoms with Gasteiger partial charge in [-0.2, -0.15) is 17.6 Å². The van der Waals surface area contributed by atoms with Crippen LogP contribution >= 0.6 is 0 Å². The van der Waals surface area contributed by atoms with E-state index in [0.717, 1.165) is 0 Å². The summed E-state index contributed by atoms with van der Waals surface area (Å²) in [7, 11) is 0. The maximum absolute atomic E-state index is 13.2. The fraction of sp³-hybridized carbons (Fsp3) is 1.00. The highest BCUT2D eigenvalue weighted by atomic mass is 19.3. The average molecular weight is 258 g/mol. The standard InChI is InChI=1S/C8H10F8/c1-5(11,3-9)8(15,16)6(2,12)7(13,14)4-10/h3-4H2,1-2H3. The number of halogens is 8. The zero-order valence-corrected chi connectivity index (χ0v) is 8.44. The Balaban J connectivity index is 5.46. The van der Waals surface area contributed by atoms with Crippen molar-refractivity contribution in [3.63, 3.8) is 0 Å². The average Bonchev–Trinajstić information content (AvgIpc) is 2.16. The van der Waals surface area contributed by atoms with Gasteiger partial charge in [-0.15, -0.1) is 0 Å². The van der Waals surface area contributed by atoms with Gasteiger partial charge in [-0.3, -0.25) is 0 Å². The van der Waals surface area contributed by atoms with Gasteiger partial charge in [0, 0.05) is 0 Å². The molecule has 0 saturated heterocycles. The number of hydrogen-bond donors (Lipinski definition) is 0. The topological polar surface area (TPSA) is 0 Å². The minimum atomic E-state index is -5.37. The van der Waals surface area contributed by atoms with E-state index in [9.17, 15) is 35.1 Å².